The number of nitrogens with one attached hydrogen (secondary N) is 1. The van der Waals surface area contributed by atoms with E-state index < -0.39 is 5.60 Å². The van der Waals surface area contributed by atoms with Crippen LogP contribution >= 0.6 is 0 Å². The first-order chi connectivity index (χ1) is 8.21. The lowest BCUT2D eigenvalue weighted by Gasteiger charge is -2.32. The zero-order chi connectivity index (χ0) is 11.9. The Hall–Kier alpha value is -1.28. The van der Waals surface area contributed by atoms with E-state index in [9.17, 15) is 5.11 Å². The van der Waals surface area contributed by atoms with Crippen molar-refractivity contribution in [3.8, 4) is 0 Å². The molecule has 1 fully saturated rings. The second-order valence-corrected chi connectivity index (χ2v) is 5.26. The summed E-state index contributed by atoms with van der Waals surface area (Å²) in [7, 11) is 0. The van der Waals surface area contributed by atoms with Gasteiger partial charge in [0.15, 0.2) is 0 Å². The summed E-state index contributed by atoms with van der Waals surface area (Å²) >= 11 is 0. The molecule has 0 bridgehead atoms. The number of benzene rings is 1. The number of hydrogen-bond donors (Lipinski definition) is 2. The van der Waals surface area contributed by atoms with E-state index in [1.165, 1.54) is 17.4 Å². The predicted octanol–water partition coefficient (Wildman–Crippen LogP) is 3.63. The molecular formula is C15H19NO. The molecule has 1 saturated carbocycles. The lowest BCUT2D eigenvalue weighted by Crippen LogP contribution is -2.29. The van der Waals surface area contributed by atoms with Crippen LogP contribution in [0.3, 0.4) is 0 Å². The van der Waals surface area contributed by atoms with Crippen LogP contribution in [-0.4, -0.2) is 10.1 Å². The summed E-state index contributed by atoms with van der Waals surface area (Å²) < 4.78 is 0. The van der Waals surface area contributed by atoms with Gasteiger partial charge in [0.25, 0.3) is 0 Å². The molecule has 1 aliphatic rings. The molecule has 2 nitrogen and oxygen atoms in total. The average molecular weight is 229 g/mol. The van der Waals surface area contributed by atoms with Gasteiger partial charge in [0.05, 0.1) is 5.69 Å². The van der Waals surface area contributed by atoms with Crippen LogP contribution in [0.1, 0.15) is 43.4 Å². The maximum absolute atomic E-state index is 10.8. The number of H-pyrrole nitrogens is 1. The van der Waals surface area contributed by atoms with E-state index >= 15 is 0 Å². The lowest BCUT2D eigenvalue weighted by atomic mass is 9.81. The molecule has 1 heterocycles. The Morgan fingerprint density at radius 2 is 1.82 bits per heavy atom. The number of fused-ring (bicyclic) bond motifs is 1. The summed E-state index contributed by atoms with van der Waals surface area (Å²) in [5.74, 6) is 0. The van der Waals surface area contributed by atoms with E-state index in [0.717, 1.165) is 36.9 Å². The van der Waals surface area contributed by atoms with Crippen molar-refractivity contribution in [2.45, 2.75) is 44.6 Å². The summed E-state index contributed by atoms with van der Waals surface area (Å²) in [4.78, 5) is 3.42. The van der Waals surface area contributed by atoms with Crippen LogP contribution in [-0.2, 0) is 5.60 Å². The topological polar surface area (TPSA) is 36.0 Å². The molecule has 0 amide bonds. The molecule has 0 spiro atoms. The Labute approximate surface area is 102 Å². The molecule has 0 aliphatic heterocycles. The fourth-order valence-corrected chi connectivity index (χ4v) is 3.13. The molecule has 2 N–H and O–H groups in total. The molecule has 1 aromatic carbocycles. The predicted molar refractivity (Wildman–Crippen MR) is 70.0 cm³/mol. The molecule has 0 saturated heterocycles. The molecule has 0 radical (unpaired) electrons. The van der Waals surface area contributed by atoms with Gasteiger partial charge in [-0.2, -0.15) is 0 Å². The lowest BCUT2D eigenvalue weighted by molar-refractivity contribution is -0.00451. The Morgan fingerprint density at radius 1 is 1.12 bits per heavy atom. The maximum atomic E-state index is 10.8. The molecule has 3 rings (SSSR count). The Bertz CT molecular complexity index is 535. The third kappa shape index (κ3) is 1.67. The monoisotopic (exact) mass is 229 g/mol. The highest BCUT2D eigenvalue weighted by molar-refractivity contribution is 5.84. The molecule has 0 unspecified atom stereocenters. The summed E-state index contributed by atoms with van der Waals surface area (Å²) in [6.45, 7) is 2.11. The van der Waals surface area contributed by atoms with Gasteiger partial charge >= 0.3 is 0 Å². The third-order valence-corrected chi connectivity index (χ3v) is 4.11. The summed E-state index contributed by atoms with van der Waals surface area (Å²) in [5.41, 5.74) is 2.77. The Morgan fingerprint density at radius 3 is 2.53 bits per heavy atom. The second kappa shape index (κ2) is 3.88. The van der Waals surface area contributed by atoms with Crippen molar-refractivity contribution in [2.24, 2.45) is 0 Å². The molecule has 90 valence electrons. The molecule has 0 atom stereocenters. The zero-order valence-corrected chi connectivity index (χ0v) is 10.3. The smallest absolute Gasteiger partial charge is 0.105 e. The quantitative estimate of drug-likeness (QED) is 0.769. The molecule has 2 aromatic rings. The van der Waals surface area contributed by atoms with Gasteiger partial charge in [-0.25, -0.2) is 0 Å². The van der Waals surface area contributed by atoms with Crippen LogP contribution in [0.2, 0.25) is 0 Å². The molecule has 1 aliphatic carbocycles. The van der Waals surface area contributed by atoms with Crippen LogP contribution in [0, 0.1) is 6.92 Å². The van der Waals surface area contributed by atoms with Crippen molar-refractivity contribution < 1.29 is 5.11 Å². The van der Waals surface area contributed by atoms with Crippen LogP contribution in [0.15, 0.2) is 24.3 Å². The minimum Gasteiger partial charge on any atom is -0.384 e. The minimum atomic E-state index is -0.624. The number of aromatic nitrogens is 1. The summed E-state index contributed by atoms with van der Waals surface area (Å²) in [6.07, 6.45) is 5.29. The first-order valence-corrected chi connectivity index (χ1v) is 6.51. The van der Waals surface area contributed by atoms with Gasteiger partial charge in [-0.1, -0.05) is 37.5 Å². The molecule has 2 heteroatoms. The van der Waals surface area contributed by atoms with Crippen LogP contribution in [0.4, 0.5) is 0 Å². The van der Waals surface area contributed by atoms with E-state index in [-0.39, 0.29) is 0 Å². The van der Waals surface area contributed by atoms with E-state index in [1.54, 1.807) is 0 Å². The normalized spacial score (nSPS) is 19.6. The van der Waals surface area contributed by atoms with Gasteiger partial charge in [-0.3, -0.25) is 0 Å². The van der Waals surface area contributed by atoms with E-state index in [0.29, 0.717) is 0 Å². The van der Waals surface area contributed by atoms with Crippen LogP contribution < -0.4 is 0 Å². The zero-order valence-electron chi connectivity index (χ0n) is 10.3. The Balaban J connectivity index is 2.13. The first-order valence-electron chi connectivity index (χ1n) is 6.51. The fraction of sp³-hybridized carbons (Fsp3) is 0.467. The summed E-state index contributed by atoms with van der Waals surface area (Å²) in [5, 5.41) is 12.0. The van der Waals surface area contributed by atoms with Crippen molar-refractivity contribution >= 4 is 10.9 Å². The molecule has 17 heavy (non-hydrogen) atoms. The molecule has 1 aromatic heterocycles. The standard InChI is InChI=1S/C15H19NO/c1-11-12-7-3-4-8-13(12)16-14(11)15(17)9-5-2-6-10-15/h3-4,7-8,16-17H,2,5-6,9-10H2,1H3. The van der Waals surface area contributed by atoms with Crippen molar-refractivity contribution in [3.05, 3.63) is 35.5 Å². The SMILES string of the molecule is Cc1c(C2(O)CCCCC2)[nH]c2ccccc12. The van der Waals surface area contributed by atoms with Gasteiger partial charge in [-0.15, -0.1) is 0 Å². The number of aromatic amines is 1. The number of para-hydroxylation sites is 1. The van der Waals surface area contributed by atoms with Gasteiger partial charge in [0, 0.05) is 10.9 Å². The van der Waals surface area contributed by atoms with Crippen LogP contribution in [0.25, 0.3) is 10.9 Å². The van der Waals surface area contributed by atoms with Gasteiger partial charge in [0.2, 0.25) is 0 Å². The minimum absolute atomic E-state index is 0.624. The maximum Gasteiger partial charge on any atom is 0.105 e. The largest absolute Gasteiger partial charge is 0.384 e. The second-order valence-electron chi connectivity index (χ2n) is 5.26. The highest BCUT2D eigenvalue weighted by atomic mass is 16.3. The van der Waals surface area contributed by atoms with Crippen molar-refractivity contribution in [3.63, 3.8) is 0 Å². The Kier molecular flexibility index (Phi) is 2.48. The number of aliphatic hydroxyl groups is 1. The van der Waals surface area contributed by atoms with Gasteiger partial charge in [-0.05, 0) is 31.4 Å². The highest BCUT2D eigenvalue weighted by Gasteiger charge is 2.34. The van der Waals surface area contributed by atoms with E-state index in [1.807, 2.05) is 6.07 Å². The van der Waals surface area contributed by atoms with E-state index in [4.69, 9.17) is 0 Å². The number of aryl methyl sites for hydroxylation is 1. The first kappa shape index (κ1) is 10.8. The third-order valence-electron chi connectivity index (χ3n) is 4.11. The van der Waals surface area contributed by atoms with Gasteiger partial charge < -0.3 is 10.1 Å². The van der Waals surface area contributed by atoms with E-state index in [2.05, 4.69) is 30.1 Å². The van der Waals surface area contributed by atoms with Crippen LogP contribution in [0.5, 0.6) is 0 Å². The number of rotatable bonds is 1. The average Bonchev–Trinajstić information content (AvgIpc) is 2.69. The number of hydrogen-bond acceptors (Lipinski definition) is 1. The van der Waals surface area contributed by atoms with Crippen molar-refractivity contribution in [1.82, 2.24) is 4.98 Å². The molecular weight excluding hydrogens is 210 g/mol. The van der Waals surface area contributed by atoms with Crippen molar-refractivity contribution in [2.75, 3.05) is 0 Å². The summed E-state index contributed by atoms with van der Waals surface area (Å²) in [6, 6.07) is 8.29. The van der Waals surface area contributed by atoms with Gasteiger partial charge in [0.1, 0.15) is 5.60 Å². The highest BCUT2D eigenvalue weighted by Crippen LogP contribution is 2.39. The van der Waals surface area contributed by atoms with Crippen molar-refractivity contribution in [1.29, 1.82) is 0 Å². The fourth-order valence-electron chi connectivity index (χ4n) is 3.13.